The van der Waals surface area contributed by atoms with Crippen LogP contribution in [-0.2, 0) is 9.59 Å². The van der Waals surface area contributed by atoms with E-state index in [-0.39, 0.29) is 11.1 Å². The van der Waals surface area contributed by atoms with Crippen LogP contribution in [0.15, 0.2) is 22.7 Å². The quantitative estimate of drug-likeness (QED) is 0.766. The van der Waals surface area contributed by atoms with Crippen molar-refractivity contribution in [1.82, 2.24) is 10.2 Å². The van der Waals surface area contributed by atoms with Gasteiger partial charge in [0.15, 0.2) is 0 Å². The minimum Gasteiger partial charge on any atom is -0.480 e. The molecule has 8 heteroatoms. The van der Waals surface area contributed by atoms with E-state index >= 15 is 0 Å². The summed E-state index contributed by atoms with van der Waals surface area (Å²) in [6.07, 6.45) is 0.701. The van der Waals surface area contributed by atoms with Gasteiger partial charge >= 0.3 is 5.97 Å². The number of hydrogen-bond acceptors (Lipinski definition) is 4. The van der Waals surface area contributed by atoms with Gasteiger partial charge in [-0.3, -0.25) is 19.3 Å². The molecule has 22 heavy (non-hydrogen) atoms. The SMILES string of the molecule is O=C(CN1C(=O)c2ccc(Br)cc2C1=O)NC1(C(=O)O)CC1. The van der Waals surface area contributed by atoms with Crippen LogP contribution in [0.4, 0.5) is 0 Å². The van der Waals surface area contributed by atoms with Crippen LogP contribution >= 0.6 is 15.9 Å². The summed E-state index contributed by atoms with van der Waals surface area (Å²) in [5, 5.41) is 11.4. The number of amides is 3. The van der Waals surface area contributed by atoms with Gasteiger partial charge in [0.25, 0.3) is 11.8 Å². The number of nitrogens with zero attached hydrogens (tertiary/aromatic N) is 1. The van der Waals surface area contributed by atoms with Crippen LogP contribution in [-0.4, -0.2) is 45.8 Å². The summed E-state index contributed by atoms with van der Waals surface area (Å²) in [7, 11) is 0. The van der Waals surface area contributed by atoms with E-state index < -0.39 is 35.8 Å². The summed E-state index contributed by atoms with van der Waals surface area (Å²) < 4.78 is 0.654. The monoisotopic (exact) mass is 366 g/mol. The fourth-order valence-corrected chi connectivity index (χ4v) is 2.73. The lowest BCUT2D eigenvalue weighted by Gasteiger charge is -2.16. The summed E-state index contributed by atoms with van der Waals surface area (Å²) in [6, 6.07) is 4.67. The fraction of sp³-hybridized carbons (Fsp3) is 0.286. The van der Waals surface area contributed by atoms with E-state index in [1.807, 2.05) is 0 Å². The van der Waals surface area contributed by atoms with Crippen molar-refractivity contribution in [1.29, 1.82) is 0 Å². The maximum atomic E-state index is 12.2. The highest BCUT2D eigenvalue weighted by atomic mass is 79.9. The van der Waals surface area contributed by atoms with Gasteiger partial charge in [-0.25, -0.2) is 4.79 Å². The molecule has 1 saturated carbocycles. The number of nitrogens with one attached hydrogen (secondary N) is 1. The molecule has 2 N–H and O–H groups in total. The molecule has 1 aliphatic carbocycles. The zero-order valence-electron chi connectivity index (χ0n) is 11.3. The summed E-state index contributed by atoms with van der Waals surface area (Å²) in [6.45, 7) is -0.487. The molecule has 1 aliphatic heterocycles. The van der Waals surface area contributed by atoms with Crippen LogP contribution < -0.4 is 5.32 Å². The van der Waals surface area contributed by atoms with Crippen molar-refractivity contribution in [2.45, 2.75) is 18.4 Å². The highest BCUT2D eigenvalue weighted by Gasteiger charge is 2.52. The summed E-state index contributed by atoms with van der Waals surface area (Å²) >= 11 is 3.22. The second-order valence-corrected chi connectivity index (χ2v) is 6.24. The zero-order valence-corrected chi connectivity index (χ0v) is 12.8. The highest BCUT2D eigenvalue weighted by Crippen LogP contribution is 2.35. The first-order chi connectivity index (χ1) is 10.3. The number of benzene rings is 1. The topological polar surface area (TPSA) is 104 Å². The lowest BCUT2D eigenvalue weighted by Crippen LogP contribution is -2.48. The van der Waals surface area contributed by atoms with Crippen LogP contribution in [0.2, 0.25) is 0 Å². The molecule has 0 unspecified atom stereocenters. The van der Waals surface area contributed by atoms with Crippen molar-refractivity contribution in [3.8, 4) is 0 Å². The molecule has 0 atom stereocenters. The molecule has 114 valence electrons. The van der Waals surface area contributed by atoms with Crippen molar-refractivity contribution < 1.29 is 24.3 Å². The van der Waals surface area contributed by atoms with E-state index in [2.05, 4.69) is 21.2 Å². The Kier molecular flexibility index (Phi) is 3.28. The predicted octanol–water partition coefficient (Wildman–Crippen LogP) is 0.779. The Hall–Kier alpha value is -2.22. The third-order valence-corrected chi connectivity index (χ3v) is 4.27. The number of rotatable bonds is 4. The lowest BCUT2D eigenvalue weighted by molar-refractivity contribution is -0.143. The molecule has 0 spiro atoms. The molecule has 0 aromatic heterocycles. The van der Waals surface area contributed by atoms with Gasteiger partial charge in [0.1, 0.15) is 12.1 Å². The first-order valence-electron chi connectivity index (χ1n) is 6.54. The first-order valence-corrected chi connectivity index (χ1v) is 7.33. The normalized spacial score (nSPS) is 18.1. The summed E-state index contributed by atoms with van der Waals surface area (Å²) in [5.74, 6) is -2.87. The minimum absolute atomic E-state index is 0.228. The highest BCUT2D eigenvalue weighted by molar-refractivity contribution is 9.10. The molecular weight excluding hydrogens is 356 g/mol. The average Bonchev–Trinajstić information content (AvgIpc) is 3.20. The third kappa shape index (κ3) is 2.29. The maximum Gasteiger partial charge on any atom is 0.329 e. The van der Waals surface area contributed by atoms with E-state index in [9.17, 15) is 19.2 Å². The van der Waals surface area contributed by atoms with Gasteiger partial charge in [-0.15, -0.1) is 0 Å². The number of carboxylic acids is 1. The van der Waals surface area contributed by atoms with Crippen molar-refractivity contribution in [2.24, 2.45) is 0 Å². The van der Waals surface area contributed by atoms with Crippen LogP contribution in [0.25, 0.3) is 0 Å². The molecule has 3 amide bonds. The number of carboxylic acid groups (broad SMARTS) is 1. The molecule has 0 radical (unpaired) electrons. The van der Waals surface area contributed by atoms with Gasteiger partial charge < -0.3 is 10.4 Å². The van der Waals surface area contributed by atoms with E-state index in [1.54, 1.807) is 6.07 Å². The standard InChI is InChI=1S/C14H11BrN2O5/c15-7-1-2-8-9(5-7)12(20)17(11(8)19)6-10(18)16-14(3-4-14)13(21)22/h1-2,5H,3-4,6H2,(H,16,18)(H,21,22). The van der Waals surface area contributed by atoms with Crippen LogP contribution in [0.5, 0.6) is 0 Å². The smallest absolute Gasteiger partial charge is 0.329 e. The Labute approximate surface area is 133 Å². The third-order valence-electron chi connectivity index (χ3n) is 3.77. The number of imide groups is 1. The Bertz CT molecular complexity index is 726. The van der Waals surface area contributed by atoms with Crippen molar-refractivity contribution in [3.05, 3.63) is 33.8 Å². The number of fused-ring (bicyclic) bond motifs is 1. The van der Waals surface area contributed by atoms with Gasteiger partial charge in [-0.1, -0.05) is 15.9 Å². The molecule has 1 aromatic carbocycles. The van der Waals surface area contributed by atoms with Gasteiger partial charge in [-0.2, -0.15) is 0 Å². The van der Waals surface area contributed by atoms with E-state index in [0.717, 1.165) is 4.90 Å². The van der Waals surface area contributed by atoms with Crippen molar-refractivity contribution >= 4 is 39.6 Å². The second-order valence-electron chi connectivity index (χ2n) is 5.32. The molecule has 1 aromatic rings. The van der Waals surface area contributed by atoms with Gasteiger partial charge in [0.2, 0.25) is 5.91 Å². The van der Waals surface area contributed by atoms with Crippen LogP contribution in [0, 0.1) is 0 Å². The number of aliphatic carboxylic acids is 1. The van der Waals surface area contributed by atoms with Gasteiger partial charge in [-0.05, 0) is 31.0 Å². The molecule has 0 saturated heterocycles. The number of carbonyl (C=O) groups is 4. The second kappa shape index (κ2) is 4.91. The largest absolute Gasteiger partial charge is 0.480 e. The number of hydrogen-bond donors (Lipinski definition) is 2. The van der Waals surface area contributed by atoms with Gasteiger partial charge in [0.05, 0.1) is 11.1 Å². The lowest BCUT2D eigenvalue weighted by atomic mass is 10.1. The molecule has 7 nitrogen and oxygen atoms in total. The molecule has 2 aliphatic rings. The molecule has 1 heterocycles. The molecule has 0 bridgehead atoms. The zero-order chi connectivity index (χ0) is 16.1. The number of carbonyl (C=O) groups excluding carboxylic acids is 3. The minimum atomic E-state index is -1.24. The Balaban J connectivity index is 1.75. The van der Waals surface area contributed by atoms with E-state index in [0.29, 0.717) is 17.3 Å². The van der Waals surface area contributed by atoms with Crippen LogP contribution in [0.3, 0.4) is 0 Å². The summed E-state index contributed by atoms with van der Waals surface area (Å²) in [5.41, 5.74) is -0.773. The Morgan fingerprint density at radius 2 is 1.86 bits per heavy atom. The van der Waals surface area contributed by atoms with E-state index in [4.69, 9.17) is 5.11 Å². The van der Waals surface area contributed by atoms with E-state index in [1.165, 1.54) is 12.1 Å². The Morgan fingerprint density at radius 1 is 1.23 bits per heavy atom. The average molecular weight is 367 g/mol. The molecular formula is C14H11BrN2O5. The maximum absolute atomic E-state index is 12.2. The van der Waals surface area contributed by atoms with Crippen LogP contribution in [0.1, 0.15) is 33.6 Å². The molecule has 3 rings (SSSR count). The van der Waals surface area contributed by atoms with Crippen molar-refractivity contribution in [2.75, 3.05) is 6.54 Å². The van der Waals surface area contributed by atoms with Crippen molar-refractivity contribution in [3.63, 3.8) is 0 Å². The fourth-order valence-electron chi connectivity index (χ4n) is 2.37. The Morgan fingerprint density at radius 3 is 2.45 bits per heavy atom. The summed E-state index contributed by atoms with van der Waals surface area (Å²) in [4.78, 5) is 48.2. The molecule has 1 fully saturated rings. The van der Waals surface area contributed by atoms with Gasteiger partial charge in [0, 0.05) is 4.47 Å². The predicted molar refractivity (Wildman–Crippen MR) is 77.3 cm³/mol. The first kappa shape index (κ1) is 14.7. The number of halogens is 1.